The molecule has 0 radical (unpaired) electrons. The second-order valence-corrected chi connectivity index (χ2v) is 9.21. The van der Waals surface area contributed by atoms with Gasteiger partial charge in [-0.05, 0) is 62.6 Å². The van der Waals surface area contributed by atoms with Gasteiger partial charge in [0, 0.05) is 55.3 Å². The molecule has 0 unspecified atom stereocenters. The fourth-order valence-electron chi connectivity index (χ4n) is 4.60. The first-order chi connectivity index (χ1) is 17.0. The number of hydrogen-bond acceptors (Lipinski definition) is 4. The molecule has 0 saturated carbocycles. The van der Waals surface area contributed by atoms with Crippen LogP contribution in [0, 0.1) is 13.8 Å². The van der Waals surface area contributed by atoms with Gasteiger partial charge in [-0.25, -0.2) is 9.97 Å². The summed E-state index contributed by atoms with van der Waals surface area (Å²) in [4.78, 5) is 24.4. The molecule has 1 aliphatic rings. The Morgan fingerprint density at radius 3 is 2.69 bits per heavy atom. The number of amides is 1. The molecule has 1 atom stereocenters. The van der Waals surface area contributed by atoms with Crippen molar-refractivity contribution in [1.82, 2.24) is 19.4 Å². The van der Waals surface area contributed by atoms with Gasteiger partial charge in [0.1, 0.15) is 11.6 Å². The maximum Gasteiger partial charge on any atom is 0.253 e. The summed E-state index contributed by atoms with van der Waals surface area (Å²) in [5.74, 6) is 2.57. The predicted molar refractivity (Wildman–Crippen MR) is 136 cm³/mol. The molecule has 0 bridgehead atoms. The first-order valence-electron chi connectivity index (χ1n) is 12.1. The van der Waals surface area contributed by atoms with E-state index in [9.17, 15) is 4.79 Å². The van der Waals surface area contributed by atoms with Crippen molar-refractivity contribution in [3.05, 3.63) is 107 Å². The molecule has 2 aromatic carbocycles. The van der Waals surface area contributed by atoms with Gasteiger partial charge in [0.2, 0.25) is 5.88 Å². The lowest BCUT2D eigenvalue weighted by Gasteiger charge is -2.32. The van der Waals surface area contributed by atoms with Crippen LogP contribution in [0.25, 0.3) is 0 Å². The smallest absolute Gasteiger partial charge is 0.253 e. The number of likely N-dealkylation sites (tertiary alicyclic amines) is 1. The molecule has 3 heterocycles. The molecule has 6 heteroatoms. The number of aromatic nitrogens is 3. The van der Waals surface area contributed by atoms with E-state index in [1.807, 2.05) is 78.7 Å². The molecule has 1 fully saturated rings. The molecular weight excluding hydrogens is 436 g/mol. The van der Waals surface area contributed by atoms with E-state index in [0.29, 0.717) is 19.0 Å². The number of hydrogen-bond donors (Lipinski definition) is 0. The van der Waals surface area contributed by atoms with E-state index in [4.69, 9.17) is 9.72 Å². The molecule has 2 aromatic heterocycles. The zero-order valence-electron chi connectivity index (χ0n) is 20.2. The number of carbonyl (C=O) groups is 1. The minimum absolute atomic E-state index is 0.0750. The third-order valence-electron chi connectivity index (χ3n) is 6.57. The summed E-state index contributed by atoms with van der Waals surface area (Å²) in [6.07, 6.45) is 5.72. The number of rotatable bonds is 6. The lowest BCUT2D eigenvalue weighted by atomic mass is 9.93. The molecule has 4 aromatic rings. The lowest BCUT2D eigenvalue weighted by Crippen LogP contribution is -2.39. The number of aryl methyl sites for hydroxylation is 2. The summed E-state index contributed by atoms with van der Waals surface area (Å²) in [5.41, 5.74) is 3.98. The Labute approximate surface area is 206 Å². The van der Waals surface area contributed by atoms with Crippen molar-refractivity contribution in [3.8, 4) is 11.6 Å². The Kier molecular flexibility index (Phi) is 6.62. The third-order valence-corrected chi connectivity index (χ3v) is 6.57. The van der Waals surface area contributed by atoms with Crippen LogP contribution in [0.5, 0.6) is 11.6 Å². The zero-order chi connectivity index (χ0) is 24.2. The third kappa shape index (κ3) is 5.43. The number of imidazole rings is 1. The molecule has 1 amide bonds. The van der Waals surface area contributed by atoms with Crippen LogP contribution >= 0.6 is 0 Å². The maximum absolute atomic E-state index is 13.4. The quantitative estimate of drug-likeness (QED) is 0.363. The van der Waals surface area contributed by atoms with Gasteiger partial charge in [-0.3, -0.25) is 4.79 Å². The summed E-state index contributed by atoms with van der Waals surface area (Å²) in [7, 11) is 0. The maximum atomic E-state index is 13.4. The van der Waals surface area contributed by atoms with Crippen LogP contribution < -0.4 is 4.74 Å². The normalized spacial score (nSPS) is 15.7. The minimum Gasteiger partial charge on any atom is -0.439 e. The molecule has 178 valence electrons. The molecule has 35 heavy (non-hydrogen) atoms. The predicted octanol–water partition coefficient (Wildman–Crippen LogP) is 5.76. The fraction of sp³-hybridized carbons (Fsp3) is 0.276. The van der Waals surface area contributed by atoms with E-state index in [-0.39, 0.29) is 11.8 Å². The molecule has 0 spiro atoms. The Balaban J connectivity index is 1.28. The van der Waals surface area contributed by atoms with Crippen LogP contribution in [-0.2, 0) is 6.54 Å². The molecular formula is C29H30N4O2. The van der Waals surface area contributed by atoms with Crippen LogP contribution in [0.1, 0.15) is 51.8 Å². The Morgan fingerprint density at radius 2 is 1.89 bits per heavy atom. The summed E-state index contributed by atoms with van der Waals surface area (Å²) in [6.45, 7) is 6.16. The highest BCUT2D eigenvalue weighted by molar-refractivity contribution is 5.94. The van der Waals surface area contributed by atoms with E-state index in [0.717, 1.165) is 47.8 Å². The molecule has 1 saturated heterocycles. The van der Waals surface area contributed by atoms with Crippen molar-refractivity contribution in [2.24, 2.45) is 0 Å². The highest BCUT2D eigenvalue weighted by Gasteiger charge is 2.26. The number of pyridine rings is 1. The molecule has 5 rings (SSSR count). The second kappa shape index (κ2) is 10.1. The Bertz CT molecular complexity index is 1310. The van der Waals surface area contributed by atoms with Crippen LogP contribution in [0.15, 0.2) is 79.1 Å². The van der Waals surface area contributed by atoms with Gasteiger partial charge in [0.25, 0.3) is 5.91 Å². The van der Waals surface area contributed by atoms with Gasteiger partial charge in [0.15, 0.2) is 0 Å². The monoisotopic (exact) mass is 466 g/mol. The van der Waals surface area contributed by atoms with E-state index in [1.165, 1.54) is 5.56 Å². The van der Waals surface area contributed by atoms with Crippen LogP contribution in [0.4, 0.5) is 0 Å². The molecule has 6 nitrogen and oxygen atoms in total. The van der Waals surface area contributed by atoms with Gasteiger partial charge >= 0.3 is 0 Å². The average molecular weight is 467 g/mol. The lowest BCUT2D eigenvalue weighted by molar-refractivity contribution is 0.0705. The van der Waals surface area contributed by atoms with E-state index >= 15 is 0 Å². The number of carbonyl (C=O) groups excluding carboxylic acids is 1. The van der Waals surface area contributed by atoms with Gasteiger partial charge in [0.05, 0.1) is 0 Å². The number of piperidine rings is 1. The van der Waals surface area contributed by atoms with E-state index in [2.05, 4.69) is 22.5 Å². The zero-order valence-corrected chi connectivity index (χ0v) is 20.2. The second-order valence-electron chi connectivity index (χ2n) is 9.21. The summed E-state index contributed by atoms with van der Waals surface area (Å²) in [6, 6.07) is 21.8. The van der Waals surface area contributed by atoms with Crippen LogP contribution in [0.2, 0.25) is 0 Å². The first-order valence-corrected chi connectivity index (χ1v) is 12.1. The SMILES string of the molecule is Cc1ccc(Oc2cccc([C@H]3CCCN(C(=O)c4cccc(Cn5ccnc5C)c4)C3)n2)cc1. The standard InChI is InChI=1S/C29H30N4O2/c1-21-11-13-26(14-12-21)35-28-10-4-9-27(31-28)25-8-5-16-33(20-25)29(34)24-7-3-6-23(18-24)19-32-17-15-30-22(32)2/h3-4,6-7,9-15,17-18,25H,5,8,16,19-20H2,1-2H3/t25-/m0/s1. The highest BCUT2D eigenvalue weighted by Crippen LogP contribution is 2.29. The minimum atomic E-state index is 0.0750. The largest absolute Gasteiger partial charge is 0.439 e. The summed E-state index contributed by atoms with van der Waals surface area (Å²) in [5, 5.41) is 0. The Hall–Kier alpha value is -3.93. The van der Waals surface area contributed by atoms with E-state index < -0.39 is 0 Å². The first kappa shape index (κ1) is 22.8. The summed E-state index contributed by atoms with van der Waals surface area (Å²) < 4.78 is 8.06. The van der Waals surface area contributed by atoms with Crippen molar-refractivity contribution in [2.75, 3.05) is 13.1 Å². The molecule has 1 aliphatic heterocycles. The molecule has 0 N–H and O–H groups in total. The average Bonchev–Trinajstić information content (AvgIpc) is 3.29. The van der Waals surface area contributed by atoms with Crippen molar-refractivity contribution in [2.45, 2.75) is 39.2 Å². The fourth-order valence-corrected chi connectivity index (χ4v) is 4.60. The van der Waals surface area contributed by atoms with Crippen molar-refractivity contribution in [3.63, 3.8) is 0 Å². The van der Waals surface area contributed by atoms with E-state index in [1.54, 1.807) is 6.20 Å². The van der Waals surface area contributed by atoms with Gasteiger partial charge in [-0.15, -0.1) is 0 Å². The molecule has 0 aliphatic carbocycles. The van der Waals surface area contributed by atoms with Crippen molar-refractivity contribution in [1.29, 1.82) is 0 Å². The van der Waals surface area contributed by atoms with Crippen molar-refractivity contribution >= 4 is 5.91 Å². The number of benzene rings is 2. The van der Waals surface area contributed by atoms with Gasteiger partial charge in [-0.2, -0.15) is 0 Å². The summed E-state index contributed by atoms with van der Waals surface area (Å²) >= 11 is 0. The van der Waals surface area contributed by atoms with Crippen molar-refractivity contribution < 1.29 is 9.53 Å². The van der Waals surface area contributed by atoms with Gasteiger partial charge in [-0.1, -0.05) is 35.9 Å². The van der Waals surface area contributed by atoms with Crippen LogP contribution in [-0.4, -0.2) is 38.4 Å². The van der Waals surface area contributed by atoms with Gasteiger partial charge < -0.3 is 14.2 Å². The number of nitrogens with zero attached hydrogens (tertiary/aromatic N) is 4. The highest BCUT2D eigenvalue weighted by atomic mass is 16.5. The Morgan fingerprint density at radius 1 is 1.06 bits per heavy atom. The van der Waals surface area contributed by atoms with Crippen LogP contribution in [0.3, 0.4) is 0 Å². The number of ether oxygens (including phenoxy) is 1. The topological polar surface area (TPSA) is 60.2 Å².